The number of nitrogens with zero attached hydrogens (tertiary/aromatic N) is 1. The summed E-state index contributed by atoms with van der Waals surface area (Å²) in [5.41, 5.74) is 5.65. The van der Waals surface area contributed by atoms with Crippen molar-refractivity contribution in [3.63, 3.8) is 0 Å². The smallest absolute Gasteiger partial charge is 0.0408 e. The summed E-state index contributed by atoms with van der Waals surface area (Å²) in [7, 11) is 2.19. The van der Waals surface area contributed by atoms with E-state index in [0.29, 0.717) is 0 Å². The second kappa shape index (κ2) is 8.29. The van der Waals surface area contributed by atoms with E-state index >= 15 is 0 Å². The van der Waals surface area contributed by atoms with Crippen molar-refractivity contribution in [3.05, 3.63) is 59.7 Å². The molecule has 1 nitrogen and oxygen atoms in total. The van der Waals surface area contributed by atoms with Gasteiger partial charge in [-0.3, -0.25) is 0 Å². The fourth-order valence-electron chi connectivity index (χ4n) is 4.96. The first kappa shape index (κ1) is 17.6. The summed E-state index contributed by atoms with van der Waals surface area (Å²) in [6.07, 6.45) is 14.0. The van der Waals surface area contributed by atoms with Crippen LogP contribution in [0.1, 0.15) is 87.2 Å². The molecule has 2 aliphatic carbocycles. The third-order valence-corrected chi connectivity index (χ3v) is 6.71. The van der Waals surface area contributed by atoms with Gasteiger partial charge in [-0.25, -0.2) is 0 Å². The van der Waals surface area contributed by atoms with Crippen LogP contribution in [-0.2, 0) is 0 Å². The predicted molar refractivity (Wildman–Crippen MR) is 113 cm³/mol. The maximum Gasteiger partial charge on any atom is 0.0408 e. The molecule has 2 fully saturated rings. The monoisotopic (exact) mass is 347 g/mol. The zero-order valence-electron chi connectivity index (χ0n) is 16.3. The number of benzene rings is 2. The van der Waals surface area contributed by atoms with Gasteiger partial charge in [0.1, 0.15) is 0 Å². The average Bonchev–Trinajstić information content (AvgIpc) is 2.75. The molecule has 1 heteroatoms. The fraction of sp³-hybridized carbons (Fsp3) is 0.520. The Hall–Kier alpha value is -1.76. The predicted octanol–water partition coefficient (Wildman–Crippen LogP) is 7.55. The fourth-order valence-corrected chi connectivity index (χ4v) is 4.96. The van der Waals surface area contributed by atoms with Crippen molar-refractivity contribution in [3.8, 4) is 0 Å². The molecule has 26 heavy (non-hydrogen) atoms. The van der Waals surface area contributed by atoms with Crippen molar-refractivity contribution in [2.75, 3.05) is 11.9 Å². The van der Waals surface area contributed by atoms with E-state index < -0.39 is 0 Å². The molecule has 0 aliphatic heterocycles. The van der Waals surface area contributed by atoms with Crippen LogP contribution >= 0.6 is 0 Å². The highest BCUT2D eigenvalue weighted by Crippen LogP contribution is 2.35. The first-order chi connectivity index (χ1) is 12.8. The largest absolute Gasteiger partial charge is 0.345 e. The maximum atomic E-state index is 2.36. The quantitative estimate of drug-likeness (QED) is 0.552. The zero-order chi connectivity index (χ0) is 17.8. The summed E-state index contributed by atoms with van der Waals surface area (Å²) < 4.78 is 0. The molecule has 0 N–H and O–H groups in total. The van der Waals surface area contributed by atoms with Crippen molar-refractivity contribution in [1.29, 1.82) is 0 Å². The third-order valence-electron chi connectivity index (χ3n) is 6.71. The first-order valence-corrected chi connectivity index (χ1v) is 10.7. The van der Waals surface area contributed by atoms with Gasteiger partial charge in [-0.1, -0.05) is 62.8 Å². The minimum atomic E-state index is 0.790. The van der Waals surface area contributed by atoms with Crippen LogP contribution in [0.4, 0.5) is 11.4 Å². The molecular formula is C25H33N. The van der Waals surface area contributed by atoms with Gasteiger partial charge in [-0.15, -0.1) is 0 Å². The lowest BCUT2D eigenvalue weighted by Crippen LogP contribution is -2.11. The summed E-state index contributed by atoms with van der Waals surface area (Å²) in [5, 5.41) is 0. The molecule has 0 aromatic heterocycles. The topological polar surface area (TPSA) is 3.24 Å². The van der Waals surface area contributed by atoms with Crippen LogP contribution in [-0.4, -0.2) is 7.05 Å². The number of rotatable bonds is 4. The summed E-state index contributed by atoms with van der Waals surface area (Å²) >= 11 is 0. The van der Waals surface area contributed by atoms with Gasteiger partial charge in [0.15, 0.2) is 0 Å². The molecule has 0 radical (unpaired) electrons. The van der Waals surface area contributed by atoms with Crippen LogP contribution in [0.3, 0.4) is 0 Å². The van der Waals surface area contributed by atoms with Gasteiger partial charge in [-0.2, -0.15) is 0 Å². The van der Waals surface area contributed by atoms with Gasteiger partial charge in [-0.05, 0) is 72.9 Å². The summed E-state index contributed by atoms with van der Waals surface area (Å²) in [5.74, 6) is 1.58. The maximum absolute atomic E-state index is 2.36. The van der Waals surface area contributed by atoms with Crippen LogP contribution in [0.25, 0.3) is 0 Å². The summed E-state index contributed by atoms with van der Waals surface area (Å²) in [6, 6.07) is 18.7. The van der Waals surface area contributed by atoms with Gasteiger partial charge in [0.05, 0.1) is 0 Å². The number of hydrogen-bond donors (Lipinski definition) is 0. The molecule has 0 spiro atoms. The Labute approximate surface area is 159 Å². The lowest BCUT2D eigenvalue weighted by Gasteiger charge is -2.25. The molecule has 0 bridgehead atoms. The Kier molecular flexibility index (Phi) is 5.62. The van der Waals surface area contributed by atoms with Crippen LogP contribution in [0.5, 0.6) is 0 Å². The highest BCUT2D eigenvalue weighted by Gasteiger charge is 2.17. The first-order valence-electron chi connectivity index (χ1n) is 10.7. The highest BCUT2D eigenvalue weighted by atomic mass is 15.1. The molecule has 2 saturated carbocycles. The van der Waals surface area contributed by atoms with Crippen LogP contribution in [0.2, 0.25) is 0 Å². The highest BCUT2D eigenvalue weighted by molar-refractivity contribution is 5.63. The van der Waals surface area contributed by atoms with E-state index in [0.717, 1.165) is 11.8 Å². The van der Waals surface area contributed by atoms with E-state index in [4.69, 9.17) is 0 Å². The molecule has 2 aromatic rings. The van der Waals surface area contributed by atoms with Gasteiger partial charge >= 0.3 is 0 Å². The van der Waals surface area contributed by atoms with E-state index in [1.807, 2.05) is 0 Å². The van der Waals surface area contributed by atoms with Crippen LogP contribution in [0, 0.1) is 0 Å². The molecule has 0 amide bonds. The number of hydrogen-bond acceptors (Lipinski definition) is 1. The van der Waals surface area contributed by atoms with E-state index in [1.165, 1.54) is 86.7 Å². The van der Waals surface area contributed by atoms with Gasteiger partial charge in [0.2, 0.25) is 0 Å². The molecule has 0 atom stereocenters. The Morgan fingerprint density at radius 2 is 0.885 bits per heavy atom. The summed E-state index contributed by atoms with van der Waals surface area (Å²) in [4.78, 5) is 2.31. The van der Waals surface area contributed by atoms with Crippen molar-refractivity contribution in [2.45, 2.75) is 76.0 Å². The minimum absolute atomic E-state index is 0.790. The average molecular weight is 348 g/mol. The molecule has 2 aromatic carbocycles. The van der Waals surface area contributed by atoms with Crippen molar-refractivity contribution in [2.24, 2.45) is 0 Å². The lowest BCUT2D eigenvalue weighted by molar-refractivity contribution is 0.443. The van der Waals surface area contributed by atoms with Gasteiger partial charge in [0, 0.05) is 18.4 Å². The molecule has 138 valence electrons. The number of anilines is 2. The third kappa shape index (κ3) is 3.98. The molecule has 4 rings (SSSR count). The van der Waals surface area contributed by atoms with Crippen molar-refractivity contribution >= 4 is 11.4 Å². The SMILES string of the molecule is CN(c1ccc(C2CCCCC2)cc1)c1ccc(C2CCCCC2)cc1. The molecule has 0 heterocycles. The second-order valence-electron chi connectivity index (χ2n) is 8.41. The van der Waals surface area contributed by atoms with E-state index in [2.05, 4.69) is 60.5 Å². The van der Waals surface area contributed by atoms with E-state index in [1.54, 1.807) is 0 Å². The Bertz CT molecular complexity index is 612. The van der Waals surface area contributed by atoms with Crippen LogP contribution in [0.15, 0.2) is 48.5 Å². The zero-order valence-corrected chi connectivity index (χ0v) is 16.3. The standard InChI is InChI=1S/C25H33N/c1-26(24-16-12-22(13-17-24)20-8-4-2-5-9-20)25-18-14-23(15-19-25)21-10-6-3-7-11-21/h12-21H,2-11H2,1H3. The summed E-state index contributed by atoms with van der Waals surface area (Å²) in [6.45, 7) is 0. The second-order valence-corrected chi connectivity index (χ2v) is 8.41. The minimum Gasteiger partial charge on any atom is -0.345 e. The Morgan fingerprint density at radius 1 is 0.538 bits per heavy atom. The molecule has 0 unspecified atom stereocenters. The van der Waals surface area contributed by atoms with Crippen molar-refractivity contribution < 1.29 is 0 Å². The van der Waals surface area contributed by atoms with E-state index in [9.17, 15) is 0 Å². The normalized spacial score (nSPS) is 19.4. The molecule has 0 saturated heterocycles. The molecular weight excluding hydrogens is 314 g/mol. The van der Waals surface area contributed by atoms with Gasteiger partial charge < -0.3 is 4.90 Å². The molecule has 2 aliphatic rings. The van der Waals surface area contributed by atoms with Gasteiger partial charge in [0.25, 0.3) is 0 Å². The van der Waals surface area contributed by atoms with Crippen LogP contribution < -0.4 is 4.90 Å². The van der Waals surface area contributed by atoms with Crippen molar-refractivity contribution in [1.82, 2.24) is 0 Å². The lowest BCUT2D eigenvalue weighted by atomic mass is 9.84. The Balaban J connectivity index is 1.43. The Morgan fingerprint density at radius 3 is 1.23 bits per heavy atom. The van der Waals surface area contributed by atoms with E-state index in [-0.39, 0.29) is 0 Å².